The molecular weight excluding hydrogens is 186 g/mol. The molecule has 0 aromatic rings. The monoisotopic (exact) mass is 206 g/mol. The second-order valence-corrected chi connectivity index (χ2v) is 4.44. The Labute approximate surface area is 92.4 Å². The van der Waals surface area contributed by atoms with E-state index in [0.717, 1.165) is 6.54 Å². The molecule has 0 aromatic heterocycles. The molecule has 3 nitrogen and oxygen atoms in total. The number of likely N-dealkylation sites (N-methyl/N-ethyl adjacent to an activating group) is 1. The van der Waals surface area contributed by atoms with Crippen LogP contribution in [0.1, 0.15) is 12.8 Å². The SMILES string of the molecule is CN1CCC(N(C)C2=[C]NCC=C2)CC1. The summed E-state index contributed by atoms with van der Waals surface area (Å²) in [7, 11) is 4.37. The second kappa shape index (κ2) is 4.71. The summed E-state index contributed by atoms with van der Waals surface area (Å²) in [5.74, 6) is 0. The van der Waals surface area contributed by atoms with E-state index in [4.69, 9.17) is 0 Å². The van der Waals surface area contributed by atoms with Gasteiger partial charge >= 0.3 is 0 Å². The number of piperidine rings is 1. The third-order valence-electron chi connectivity index (χ3n) is 3.33. The molecule has 1 radical (unpaired) electrons. The van der Waals surface area contributed by atoms with Crippen molar-refractivity contribution in [3.8, 4) is 0 Å². The molecule has 1 N–H and O–H groups in total. The highest BCUT2D eigenvalue weighted by atomic mass is 15.2. The lowest BCUT2D eigenvalue weighted by atomic mass is 10.0. The standard InChI is InChI=1S/C12H20N3/c1-14-8-5-11(6-9-14)15(2)12-4-3-7-13-10-12/h3-4,11,13H,5-9H2,1-2H3. The first-order chi connectivity index (χ1) is 7.27. The lowest BCUT2D eigenvalue weighted by Crippen LogP contribution is -2.41. The average Bonchev–Trinajstić information content (AvgIpc) is 2.30. The highest BCUT2D eigenvalue weighted by Gasteiger charge is 2.21. The van der Waals surface area contributed by atoms with Crippen molar-refractivity contribution in [3.63, 3.8) is 0 Å². The van der Waals surface area contributed by atoms with Gasteiger partial charge in [-0.05, 0) is 39.1 Å². The van der Waals surface area contributed by atoms with E-state index in [2.05, 4.69) is 47.6 Å². The molecule has 0 saturated carbocycles. The van der Waals surface area contributed by atoms with Gasteiger partial charge in [0, 0.05) is 19.6 Å². The van der Waals surface area contributed by atoms with Crippen LogP contribution in [0.4, 0.5) is 0 Å². The van der Waals surface area contributed by atoms with Crippen molar-refractivity contribution >= 4 is 0 Å². The lowest BCUT2D eigenvalue weighted by Gasteiger charge is -2.37. The Kier molecular flexibility index (Phi) is 3.31. The van der Waals surface area contributed by atoms with Gasteiger partial charge in [0.05, 0.1) is 11.9 Å². The summed E-state index contributed by atoms with van der Waals surface area (Å²) in [5.41, 5.74) is 1.19. The molecule has 0 spiro atoms. The number of allylic oxidation sites excluding steroid dienone is 1. The van der Waals surface area contributed by atoms with E-state index in [9.17, 15) is 0 Å². The molecule has 0 aromatic carbocycles. The topological polar surface area (TPSA) is 18.5 Å². The summed E-state index contributed by atoms with van der Waals surface area (Å²) < 4.78 is 0. The van der Waals surface area contributed by atoms with Crippen molar-refractivity contribution in [3.05, 3.63) is 24.0 Å². The van der Waals surface area contributed by atoms with Gasteiger partial charge in [-0.3, -0.25) is 0 Å². The number of hydrogen-bond acceptors (Lipinski definition) is 3. The molecule has 2 rings (SSSR count). The number of hydrogen-bond donors (Lipinski definition) is 1. The minimum Gasteiger partial charge on any atom is -0.378 e. The van der Waals surface area contributed by atoms with Crippen LogP contribution in [0.5, 0.6) is 0 Å². The van der Waals surface area contributed by atoms with E-state index >= 15 is 0 Å². The fourth-order valence-electron chi connectivity index (χ4n) is 2.20. The average molecular weight is 206 g/mol. The molecule has 2 aliphatic rings. The molecule has 0 atom stereocenters. The van der Waals surface area contributed by atoms with Gasteiger partial charge in [-0.2, -0.15) is 0 Å². The van der Waals surface area contributed by atoms with Crippen LogP contribution >= 0.6 is 0 Å². The summed E-state index contributed by atoms with van der Waals surface area (Å²) in [6, 6.07) is 0.674. The highest BCUT2D eigenvalue weighted by molar-refractivity contribution is 5.18. The van der Waals surface area contributed by atoms with Gasteiger partial charge in [0.2, 0.25) is 0 Å². The maximum atomic E-state index is 3.22. The number of rotatable bonds is 2. The van der Waals surface area contributed by atoms with Crippen molar-refractivity contribution in [1.29, 1.82) is 0 Å². The Morgan fingerprint density at radius 1 is 1.47 bits per heavy atom. The number of dihydropyridines is 1. The first-order valence-electron chi connectivity index (χ1n) is 5.71. The molecule has 0 amide bonds. The Balaban J connectivity index is 1.92. The molecule has 15 heavy (non-hydrogen) atoms. The van der Waals surface area contributed by atoms with Crippen LogP contribution in [-0.4, -0.2) is 49.6 Å². The summed E-state index contributed by atoms with van der Waals surface area (Å²) in [6.45, 7) is 3.32. The van der Waals surface area contributed by atoms with Gasteiger partial charge in [-0.15, -0.1) is 0 Å². The van der Waals surface area contributed by atoms with Crippen LogP contribution in [-0.2, 0) is 0 Å². The molecule has 2 aliphatic heterocycles. The van der Waals surface area contributed by atoms with Crippen molar-refractivity contribution in [2.45, 2.75) is 18.9 Å². The lowest BCUT2D eigenvalue weighted by molar-refractivity contribution is 0.172. The molecule has 2 heterocycles. The molecule has 83 valence electrons. The van der Waals surface area contributed by atoms with Gasteiger partial charge in [-0.25, -0.2) is 0 Å². The van der Waals surface area contributed by atoms with Crippen LogP contribution in [0, 0.1) is 6.20 Å². The van der Waals surface area contributed by atoms with Crippen molar-refractivity contribution < 1.29 is 0 Å². The molecule has 1 fully saturated rings. The summed E-state index contributed by atoms with van der Waals surface area (Å²) in [6.07, 6.45) is 10.0. The first kappa shape index (κ1) is 10.6. The molecule has 3 heteroatoms. The predicted molar refractivity (Wildman–Crippen MR) is 62.2 cm³/mol. The maximum Gasteiger partial charge on any atom is 0.0837 e. The van der Waals surface area contributed by atoms with E-state index in [0.29, 0.717) is 6.04 Å². The van der Waals surface area contributed by atoms with Crippen LogP contribution < -0.4 is 5.32 Å². The van der Waals surface area contributed by atoms with Crippen LogP contribution in [0.2, 0.25) is 0 Å². The molecule has 0 unspecified atom stereocenters. The number of likely N-dealkylation sites (tertiary alicyclic amines) is 1. The largest absolute Gasteiger partial charge is 0.378 e. The van der Waals surface area contributed by atoms with Crippen LogP contribution in [0.15, 0.2) is 17.8 Å². The van der Waals surface area contributed by atoms with E-state index in [1.54, 1.807) is 0 Å². The Morgan fingerprint density at radius 2 is 2.20 bits per heavy atom. The minimum atomic E-state index is 0.674. The molecular formula is C12H20N3. The summed E-state index contributed by atoms with van der Waals surface area (Å²) in [5, 5.41) is 3.14. The zero-order chi connectivity index (χ0) is 10.7. The van der Waals surface area contributed by atoms with Gasteiger partial charge in [0.15, 0.2) is 0 Å². The van der Waals surface area contributed by atoms with Crippen LogP contribution in [0.3, 0.4) is 0 Å². The van der Waals surface area contributed by atoms with Crippen LogP contribution in [0.25, 0.3) is 0 Å². The van der Waals surface area contributed by atoms with E-state index in [-0.39, 0.29) is 0 Å². The van der Waals surface area contributed by atoms with Gasteiger partial charge in [-0.1, -0.05) is 6.08 Å². The second-order valence-electron chi connectivity index (χ2n) is 4.44. The van der Waals surface area contributed by atoms with Crippen molar-refractivity contribution in [2.75, 3.05) is 33.7 Å². The third kappa shape index (κ3) is 2.53. The number of nitrogens with one attached hydrogen (secondary N) is 1. The molecule has 0 aliphatic carbocycles. The maximum absolute atomic E-state index is 3.22. The normalized spacial score (nSPS) is 23.5. The van der Waals surface area contributed by atoms with Gasteiger partial charge in [0.1, 0.15) is 0 Å². The third-order valence-corrected chi connectivity index (χ3v) is 3.33. The molecule has 1 saturated heterocycles. The summed E-state index contributed by atoms with van der Waals surface area (Å²) in [4.78, 5) is 4.76. The fraction of sp³-hybridized carbons (Fsp3) is 0.667. The zero-order valence-corrected chi connectivity index (χ0v) is 9.66. The number of nitrogens with zero attached hydrogens (tertiary/aromatic N) is 2. The minimum absolute atomic E-state index is 0.674. The first-order valence-corrected chi connectivity index (χ1v) is 5.71. The van der Waals surface area contributed by atoms with Gasteiger partial charge in [0.25, 0.3) is 0 Å². The smallest absolute Gasteiger partial charge is 0.0837 e. The van der Waals surface area contributed by atoms with E-state index < -0.39 is 0 Å². The van der Waals surface area contributed by atoms with E-state index in [1.165, 1.54) is 31.6 Å². The Hall–Kier alpha value is -0.960. The summed E-state index contributed by atoms with van der Waals surface area (Å²) >= 11 is 0. The highest BCUT2D eigenvalue weighted by Crippen LogP contribution is 2.18. The predicted octanol–water partition coefficient (Wildman–Crippen LogP) is 0.816. The Morgan fingerprint density at radius 3 is 2.80 bits per heavy atom. The molecule has 0 bridgehead atoms. The van der Waals surface area contributed by atoms with E-state index in [1.807, 2.05) is 0 Å². The quantitative estimate of drug-likeness (QED) is 0.721. The Bertz CT molecular complexity index is 262. The fourth-order valence-corrected chi connectivity index (χ4v) is 2.20. The van der Waals surface area contributed by atoms with Crippen molar-refractivity contribution in [1.82, 2.24) is 15.1 Å². The van der Waals surface area contributed by atoms with Gasteiger partial charge < -0.3 is 15.1 Å². The van der Waals surface area contributed by atoms with Crippen molar-refractivity contribution in [2.24, 2.45) is 0 Å². The zero-order valence-electron chi connectivity index (χ0n) is 9.66.